The summed E-state index contributed by atoms with van der Waals surface area (Å²) in [6.45, 7) is 0. The van der Waals surface area contributed by atoms with Crippen LogP contribution in [0.15, 0.2) is 26.7 Å². The van der Waals surface area contributed by atoms with Crippen molar-refractivity contribution in [2.45, 2.75) is 6.04 Å². The molecule has 0 aromatic carbocycles. The van der Waals surface area contributed by atoms with Gasteiger partial charge in [0.15, 0.2) is 0 Å². The summed E-state index contributed by atoms with van der Waals surface area (Å²) in [4.78, 5) is 15.5. The van der Waals surface area contributed by atoms with Crippen LogP contribution in [0.1, 0.15) is 0 Å². The van der Waals surface area contributed by atoms with E-state index < -0.39 is 0 Å². The number of fused-ring (bicyclic) bond motifs is 1. The van der Waals surface area contributed by atoms with Gasteiger partial charge in [0.1, 0.15) is 0 Å². The van der Waals surface area contributed by atoms with Gasteiger partial charge in [-0.1, -0.05) is 11.6 Å². The minimum atomic E-state index is -0.265. The molecule has 0 saturated heterocycles. The van der Waals surface area contributed by atoms with Gasteiger partial charge in [-0.15, -0.1) is 0 Å². The van der Waals surface area contributed by atoms with E-state index in [9.17, 15) is 4.79 Å². The van der Waals surface area contributed by atoms with Gasteiger partial charge in [0.25, 0.3) is 0 Å². The third-order valence-corrected chi connectivity index (χ3v) is 3.24. The molecule has 2 aliphatic rings. The lowest BCUT2D eigenvalue weighted by Crippen LogP contribution is -2.40. The smallest absolute Gasteiger partial charge is 0.234 e. The Morgan fingerprint density at radius 2 is 2.31 bits per heavy atom. The summed E-state index contributed by atoms with van der Waals surface area (Å²) in [6, 6.07) is -0.120. The summed E-state index contributed by atoms with van der Waals surface area (Å²) in [5.41, 5.74) is 0. The number of nitrogens with zero attached hydrogens (tertiary/aromatic N) is 1. The van der Waals surface area contributed by atoms with Crippen LogP contribution in [0.3, 0.4) is 0 Å². The molecule has 0 bridgehead atoms. The van der Waals surface area contributed by atoms with Crippen LogP contribution in [0.4, 0.5) is 0 Å². The van der Waals surface area contributed by atoms with Crippen molar-refractivity contribution in [2.24, 2.45) is 10.9 Å². The molecule has 5 heteroatoms. The summed E-state index contributed by atoms with van der Waals surface area (Å²) >= 11 is 9.16. The maximum absolute atomic E-state index is 11.3. The number of amides is 1. The molecule has 0 aromatic rings. The predicted molar refractivity (Wildman–Crippen MR) is 54.9 cm³/mol. The fourth-order valence-electron chi connectivity index (χ4n) is 1.32. The van der Waals surface area contributed by atoms with Gasteiger partial charge in [-0.2, -0.15) is 0 Å². The molecule has 2 unspecified atom stereocenters. The first kappa shape index (κ1) is 8.97. The third kappa shape index (κ3) is 1.56. The van der Waals surface area contributed by atoms with Gasteiger partial charge in [-0.05, 0) is 28.1 Å². The molecule has 1 aliphatic heterocycles. The highest BCUT2D eigenvalue weighted by atomic mass is 79.9. The maximum atomic E-state index is 11.3. The molecular weight excluding hydrogens is 255 g/mol. The van der Waals surface area contributed by atoms with Crippen molar-refractivity contribution in [3.05, 3.63) is 21.7 Å². The van der Waals surface area contributed by atoms with Gasteiger partial charge in [-0.25, -0.2) is 0 Å². The van der Waals surface area contributed by atoms with Gasteiger partial charge in [0, 0.05) is 4.48 Å². The SMILES string of the molecule is O=C1NC=NC2C=C(Br)C(Cl)=CC12. The first-order valence-electron chi connectivity index (χ1n) is 3.75. The molecule has 0 radical (unpaired) electrons. The van der Waals surface area contributed by atoms with E-state index in [0.29, 0.717) is 5.03 Å². The van der Waals surface area contributed by atoms with Gasteiger partial charge in [-0.3, -0.25) is 9.79 Å². The number of hydrogen-bond acceptors (Lipinski definition) is 2. The van der Waals surface area contributed by atoms with E-state index in [1.54, 1.807) is 6.08 Å². The Morgan fingerprint density at radius 3 is 3.08 bits per heavy atom. The van der Waals surface area contributed by atoms with E-state index in [0.717, 1.165) is 4.48 Å². The second-order valence-corrected chi connectivity index (χ2v) is 4.09. The molecule has 1 amide bonds. The molecule has 13 heavy (non-hydrogen) atoms. The Morgan fingerprint density at radius 1 is 1.54 bits per heavy atom. The fourth-order valence-corrected chi connectivity index (χ4v) is 1.92. The van der Waals surface area contributed by atoms with Crippen LogP contribution < -0.4 is 5.32 Å². The standard InChI is InChI=1S/C8H6BrClN2O/c9-5-2-7-4(1-6(5)10)8(13)12-3-11-7/h1-4,7H,(H,11,12,13). The monoisotopic (exact) mass is 260 g/mol. The Hall–Kier alpha value is -0.610. The van der Waals surface area contributed by atoms with Crippen molar-refractivity contribution < 1.29 is 4.79 Å². The van der Waals surface area contributed by atoms with Gasteiger partial charge >= 0.3 is 0 Å². The van der Waals surface area contributed by atoms with E-state index in [2.05, 4.69) is 26.2 Å². The van der Waals surface area contributed by atoms with Gasteiger partial charge < -0.3 is 5.32 Å². The third-order valence-electron chi connectivity index (χ3n) is 2.00. The number of hydrogen-bond donors (Lipinski definition) is 1. The van der Waals surface area contributed by atoms with E-state index in [4.69, 9.17) is 11.6 Å². The number of allylic oxidation sites excluding steroid dienone is 2. The number of carbonyl (C=O) groups excluding carboxylic acids is 1. The van der Waals surface area contributed by atoms with Crippen molar-refractivity contribution in [3.63, 3.8) is 0 Å². The second kappa shape index (κ2) is 3.27. The molecule has 0 aromatic heterocycles. The number of carbonyl (C=O) groups is 1. The van der Waals surface area contributed by atoms with Crippen molar-refractivity contribution in [1.82, 2.24) is 5.32 Å². The van der Waals surface area contributed by atoms with Crippen LogP contribution in [-0.2, 0) is 4.79 Å². The molecule has 0 fully saturated rings. The van der Waals surface area contributed by atoms with E-state index >= 15 is 0 Å². The van der Waals surface area contributed by atoms with Gasteiger partial charge in [0.2, 0.25) is 5.91 Å². The zero-order valence-electron chi connectivity index (χ0n) is 6.50. The fraction of sp³-hybridized carbons (Fsp3) is 0.250. The molecule has 3 nitrogen and oxygen atoms in total. The second-order valence-electron chi connectivity index (χ2n) is 2.83. The van der Waals surface area contributed by atoms with Crippen molar-refractivity contribution in [1.29, 1.82) is 0 Å². The first-order chi connectivity index (χ1) is 6.18. The zero-order chi connectivity index (χ0) is 9.42. The van der Waals surface area contributed by atoms with Crippen LogP contribution in [-0.4, -0.2) is 18.3 Å². The van der Waals surface area contributed by atoms with E-state index in [1.807, 2.05) is 6.08 Å². The lowest BCUT2D eigenvalue weighted by molar-refractivity contribution is -0.122. The van der Waals surface area contributed by atoms with Crippen LogP contribution in [0.25, 0.3) is 0 Å². The van der Waals surface area contributed by atoms with Crippen LogP contribution in [0, 0.1) is 5.92 Å². The van der Waals surface area contributed by atoms with E-state index in [-0.39, 0.29) is 17.9 Å². The lowest BCUT2D eigenvalue weighted by Gasteiger charge is -2.24. The molecule has 2 atom stereocenters. The predicted octanol–water partition coefficient (Wildman–Crippen LogP) is 1.54. The van der Waals surface area contributed by atoms with Crippen molar-refractivity contribution in [3.8, 4) is 0 Å². The highest BCUT2D eigenvalue weighted by Gasteiger charge is 2.30. The molecule has 1 heterocycles. The summed E-state index contributed by atoms with van der Waals surface area (Å²) in [5.74, 6) is -0.326. The average Bonchev–Trinajstić information content (AvgIpc) is 2.09. The Bertz CT molecular complexity index is 348. The van der Waals surface area contributed by atoms with E-state index in [1.165, 1.54) is 6.34 Å². The minimum absolute atomic E-state index is 0.0607. The molecule has 68 valence electrons. The summed E-state index contributed by atoms with van der Waals surface area (Å²) in [7, 11) is 0. The highest BCUT2D eigenvalue weighted by molar-refractivity contribution is 9.12. The van der Waals surface area contributed by atoms with Gasteiger partial charge in [0.05, 0.1) is 23.3 Å². The molecule has 2 rings (SSSR count). The average molecular weight is 262 g/mol. The Kier molecular flexibility index (Phi) is 2.26. The topological polar surface area (TPSA) is 41.5 Å². The lowest BCUT2D eigenvalue weighted by atomic mass is 9.94. The maximum Gasteiger partial charge on any atom is 0.234 e. The number of aliphatic imine (C=N–C) groups is 1. The molecule has 0 saturated carbocycles. The number of nitrogens with one attached hydrogen (secondary N) is 1. The van der Waals surface area contributed by atoms with Crippen molar-refractivity contribution in [2.75, 3.05) is 0 Å². The van der Waals surface area contributed by atoms with Crippen LogP contribution >= 0.6 is 27.5 Å². The minimum Gasteiger partial charge on any atom is -0.317 e. The summed E-state index contributed by atoms with van der Waals surface area (Å²) in [6.07, 6.45) is 4.97. The number of rotatable bonds is 0. The largest absolute Gasteiger partial charge is 0.317 e. The molecule has 0 spiro atoms. The normalized spacial score (nSPS) is 31.7. The zero-order valence-corrected chi connectivity index (χ0v) is 8.84. The Balaban J connectivity index is 2.38. The number of halogens is 2. The highest BCUT2D eigenvalue weighted by Crippen LogP contribution is 2.32. The summed E-state index contributed by atoms with van der Waals surface area (Å²) < 4.78 is 0.794. The molecular formula is C8H6BrClN2O. The quantitative estimate of drug-likeness (QED) is 0.706. The Labute approximate surface area is 88.7 Å². The first-order valence-corrected chi connectivity index (χ1v) is 4.92. The van der Waals surface area contributed by atoms with Crippen LogP contribution in [0.5, 0.6) is 0 Å². The van der Waals surface area contributed by atoms with Crippen LogP contribution in [0.2, 0.25) is 0 Å². The van der Waals surface area contributed by atoms with Crippen molar-refractivity contribution >= 4 is 39.8 Å². The molecule has 1 aliphatic carbocycles. The summed E-state index contributed by atoms with van der Waals surface area (Å²) in [5, 5.41) is 3.10. The molecule has 1 N–H and O–H groups in total.